The number of hydrogen-bond acceptors (Lipinski definition) is 7. The minimum Gasteiger partial charge on any atom is -0.318 e. The van der Waals surface area contributed by atoms with Gasteiger partial charge in [0.1, 0.15) is 23.5 Å². The van der Waals surface area contributed by atoms with Gasteiger partial charge in [-0.1, -0.05) is 17.7 Å². The van der Waals surface area contributed by atoms with Crippen molar-refractivity contribution in [3.63, 3.8) is 0 Å². The summed E-state index contributed by atoms with van der Waals surface area (Å²) < 4.78 is 49.0. The highest BCUT2D eigenvalue weighted by atomic mass is 35.5. The molecule has 0 aliphatic rings. The predicted octanol–water partition coefficient (Wildman–Crippen LogP) is 7.49. The van der Waals surface area contributed by atoms with Crippen LogP contribution in [0.3, 0.4) is 0 Å². The molecule has 0 spiro atoms. The van der Waals surface area contributed by atoms with Crippen LogP contribution >= 0.6 is 20.2 Å². The average Bonchev–Trinajstić information content (AvgIpc) is 3.16. The van der Waals surface area contributed by atoms with Crippen molar-refractivity contribution in [3.8, 4) is 6.07 Å². The molecule has 1 aromatic carbocycles. The second kappa shape index (κ2) is 12.2. The SMILES string of the molecule is Cc1ncc(C#N)c(C)c1NC(=O)/C(F)=C/c1ccc2c(Cl)n(COP(OC(C)(C)C)OC(C)(C)C)nc2c1F. The van der Waals surface area contributed by atoms with Crippen molar-refractivity contribution >= 4 is 48.8 Å². The third-order valence-electron chi connectivity index (χ3n) is 5.18. The molecule has 0 aliphatic carbocycles. The highest BCUT2D eigenvalue weighted by molar-refractivity contribution is 7.41. The molecule has 0 saturated carbocycles. The molecule has 40 heavy (non-hydrogen) atoms. The number of aromatic nitrogens is 3. The number of amides is 1. The van der Waals surface area contributed by atoms with Crippen LogP contribution in [0.1, 0.15) is 63.9 Å². The molecule has 0 bridgehead atoms. The monoisotopic (exact) mass is 593 g/mol. The Kier molecular flexibility index (Phi) is 9.66. The van der Waals surface area contributed by atoms with E-state index in [4.69, 9.17) is 25.2 Å². The Balaban J connectivity index is 1.85. The molecule has 0 atom stereocenters. The highest BCUT2D eigenvalue weighted by Crippen LogP contribution is 2.47. The second-order valence-electron chi connectivity index (χ2n) is 10.9. The molecule has 0 fully saturated rings. The van der Waals surface area contributed by atoms with Crippen molar-refractivity contribution < 1.29 is 27.1 Å². The first-order chi connectivity index (χ1) is 18.5. The van der Waals surface area contributed by atoms with Crippen molar-refractivity contribution in [2.45, 2.75) is 73.3 Å². The van der Waals surface area contributed by atoms with Gasteiger partial charge in [0.05, 0.1) is 28.1 Å². The van der Waals surface area contributed by atoms with E-state index in [9.17, 15) is 14.4 Å². The molecule has 1 N–H and O–H groups in total. The topological polar surface area (TPSA) is 111 Å². The van der Waals surface area contributed by atoms with Gasteiger partial charge in [0, 0.05) is 17.1 Å². The number of halogens is 3. The number of aryl methyl sites for hydroxylation is 1. The number of nitriles is 1. The fourth-order valence-electron chi connectivity index (χ4n) is 3.37. The lowest BCUT2D eigenvalue weighted by atomic mass is 10.1. The molecule has 9 nitrogen and oxygen atoms in total. The van der Waals surface area contributed by atoms with Crippen LogP contribution in [0.4, 0.5) is 14.5 Å². The summed E-state index contributed by atoms with van der Waals surface area (Å²) in [6, 6.07) is 4.71. The third kappa shape index (κ3) is 7.80. The summed E-state index contributed by atoms with van der Waals surface area (Å²) in [5, 5.41) is 16.2. The number of fused-ring (bicyclic) bond motifs is 1. The smallest absolute Gasteiger partial charge is 0.318 e. The number of carbonyl (C=O) groups is 1. The normalized spacial score (nSPS) is 12.7. The van der Waals surface area contributed by atoms with E-state index < -0.39 is 37.4 Å². The summed E-state index contributed by atoms with van der Waals surface area (Å²) >= 11 is 6.43. The fraction of sp³-hybridized carbons (Fsp3) is 0.407. The number of nitrogens with zero attached hydrogens (tertiary/aromatic N) is 4. The predicted molar refractivity (Wildman–Crippen MR) is 151 cm³/mol. The first-order valence-electron chi connectivity index (χ1n) is 12.2. The Morgan fingerprint density at radius 3 is 2.40 bits per heavy atom. The minimum absolute atomic E-state index is 0.0972. The van der Waals surface area contributed by atoms with Gasteiger partial charge in [0.25, 0.3) is 5.91 Å². The standard InChI is InChI=1S/C27H31ClF2N5O4P/c1-15-18(12-31)13-32-16(2)22(15)33-25(36)20(29)11-17-9-10-19-23(21(17)30)34-35(24(19)28)14-37-40(38-26(3,4)5)39-27(6,7)8/h9-11,13H,14H2,1-8H3,(H,33,36)/b20-11-. The minimum atomic E-state index is -1.80. The number of anilines is 1. The van der Waals surface area contributed by atoms with Crippen molar-refractivity contribution in [3.05, 3.63) is 57.5 Å². The van der Waals surface area contributed by atoms with Crippen LogP contribution in [0.2, 0.25) is 5.15 Å². The van der Waals surface area contributed by atoms with Crippen LogP contribution < -0.4 is 5.32 Å². The lowest BCUT2D eigenvalue weighted by Gasteiger charge is -2.30. The first-order valence-corrected chi connectivity index (χ1v) is 13.7. The number of rotatable bonds is 8. The maximum Gasteiger partial charge on any atom is 0.335 e. The van der Waals surface area contributed by atoms with E-state index in [2.05, 4.69) is 15.4 Å². The van der Waals surface area contributed by atoms with Crippen LogP contribution in [0.15, 0.2) is 24.2 Å². The lowest BCUT2D eigenvalue weighted by Crippen LogP contribution is -2.23. The summed E-state index contributed by atoms with van der Waals surface area (Å²) in [5.41, 5.74) is -0.161. The number of benzene rings is 1. The fourth-order valence-corrected chi connectivity index (χ4v) is 4.85. The largest absolute Gasteiger partial charge is 0.335 e. The van der Waals surface area contributed by atoms with E-state index in [1.807, 2.05) is 47.6 Å². The van der Waals surface area contributed by atoms with E-state index in [0.29, 0.717) is 11.3 Å². The maximum atomic E-state index is 15.4. The summed E-state index contributed by atoms with van der Waals surface area (Å²) in [7, 11) is -1.80. The zero-order valence-electron chi connectivity index (χ0n) is 23.5. The Morgan fingerprint density at radius 2 is 1.82 bits per heavy atom. The summed E-state index contributed by atoms with van der Waals surface area (Å²) in [5.74, 6) is -3.25. The van der Waals surface area contributed by atoms with Gasteiger partial charge < -0.3 is 14.4 Å². The van der Waals surface area contributed by atoms with Gasteiger partial charge in [-0.15, -0.1) is 0 Å². The molecule has 214 valence electrons. The molecule has 0 unspecified atom stereocenters. The van der Waals surface area contributed by atoms with E-state index in [0.717, 1.165) is 6.08 Å². The molecule has 3 aromatic rings. The van der Waals surface area contributed by atoms with E-state index in [1.54, 1.807) is 13.8 Å². The van der Waals surface area contributed by atoms with E-state index in [1.165, 1.54) is 23.0 Å². The van der Waals surface area contributed by atoms with Gasteiger partial charge in [-0.25, -0.2) is 13.5 Å². The quantitative estimate of drug-likeness (QED) is 0.213. The van der Waals surface area contributed by atoms with Gasteiger partial charge in [0.2, 0.25) is 0 Å². The second-order valence-corrected chi connectivity index (χ2v) is 12.3. The number of carbonyl (C=O) groups excluding carboxylic acids is 1. The summed E-state index contributed by atoms with van der Waals surface area (Å²) in [6.45, 7) is 14.2. The van der Waals surface area contributed by atoms with Crippen LogP contribution in [0.5, 0.6) is 0 Å². The molecular formula is C27H31ClF2N5O4P. The molecule has 3 rings (SSSR count). The Bertz CT molecular complexity index is 1490. The molecular weight excluding hydrogens is 563 g/mol. The summed E-state index contributed by atoms with van der Waals surface area (Å²) in [6.07, 6.45) is 2.12. The zero-order chi connectivity index (χ0) is 30.0. The molecule has 0 aliphatic heterocycles. The van der Waals surface area contributed by atoms with Crippen LogP contribution in [0, 0.1) is 31.0 Å². The van der Waals surface area contributed by atoms with Gasteiger partial charge in [-0.2, -0.15) is 10.4 Å². The van der Waals surface area contributed by atoms with Gasteiger partial charge in [-0.05, 0) is 73.1 Å². The van der Waals surface area contributed by atoms with Gasteiger partial charge >= 0.3 is 8.60 Å². The molecule has 0 saturated heterocycles. The Labute approximate surface area is 238 Å². The van der Waals surface area contributed by atoms with Crippen LogP contribution in [-0.2, 0) is 25.1 Å². The average molecular weight is 594 g/mol. The molecule has 13 heteroatoms. The van der Waals surface area contributed by atoms with Gasteiger partial charge in [0.15, 0.2) is 11.6 Å². The van der Waals surface area contributed by atoms with Crippen molar-refractivity contribution in [1.29, 1.82) is 5.26 Å². The van der Waals surface area contributed by atoms with Crippen molar-refractivity contribution in [2.75, 3.05) is 5.32 Å². The summed E-state index contributed by atoms with van der Waals surface area (Å²) in [4.78, 5) is 16.6. The van der Waals surface area contributed by atoms with E-state index >= 15 is 4.39 Å². The third-order valence-corrected chi connectivity index (χ3v) is 7.30. The van der Waals surface area contributed by atoms with Gasteiger partial charge in [-0.3, -0.25) is 14.3 Å². The zero-order valence-corrected chi connectivity index (χ0v) is 25.2. The van der Waals surface area contributed by atoms with E-state index in [-0.39, 0.29) is 39.6 Å². The van der Waals surface area contributed by atoms with Crippen molar-refractivity contribution in [1.82, 2.24) is 14.8 Å². The molecule has 1 amide bonds. The molecule has 0 radical (unpaired) electrons. The van der Waals surface area contributed by atoms with Crippen molar-refractivity contribution in [2.24, 2.45) is 0 Å². The number of pyridine rings is 1. The maximum absolute atomic E-state index is 15.4. The highest BCUT2D eigenvalue weighted by Gasteiger charge is 2.28. The first kappa shape index (κ1) is 31.5. The van der Waals surface area contributed by atoms with Crippen LogP contribution in [0.25, 0.3) is 17.0 Å². The van der Waals surface area contributed by atoms with Crippen LogP contribution in [-0.4, -0.2) is 31.9 Å². The Morgan fingerprint density at radius 1 is 1.20 bits per heavy atom. The number of nitrogens with one attached hydrogen (secondary N) is 1. The number of hydrogen-bond donors (Lipinski definition) is 1. The molecule has 2 heterocycles. The molecule has 2 aromatic heterocycles. The Hall–Kier alpha value is -3.00. The lowest BCUT2D eigenvalue weighted by molar-refractivity contribution is -0.114.